The first kappa shape index (κ1) is 13.9. The standard InChI is InChI=1S/C17H20N2O2/c1-14-4-2-5-15(12-14)19-9-7-18(8-10-19)13-16(20)17-6-3-11-21-17/h2-6,11-12H,7-10,13H2,1H3. The van der Waals surface area contributed by atoms with Crippen molar-refractivity contribution in [3.05, 3.63) is 54.0 Å². The number of anilines is 1. The van der Waals surface area contributed by atoms with Gasteiger partial charge >= 0.3 is 0 Å². The smallest absolute Gasteiger partial charge is 0.211 e. The lowest BCUT2D eigenvalue weighted by molar-refractivity contribution is 0.0899. The summed E-state index contributed by atoms with van der Waals surface area (Å²) in [6, 6.07) is 12.0. The van der Waals surface area contributed by atoms with Crippen molar-refractivity contribution in [1.82, 2.24) is 4.90 Å². The Kier molecular flexibility index (Phi) is 4.06. The van der Waals surface area contributed by atoms with Crippen molar-refractivity contribution in [3.63, 3.8) is 0 Å². The Balaban J connectivity index is 1.54. The molecule has 0 atom stereocenters. The van der Waals surface area contributed by atoms with Crippen molar-refractivity contribution in [1.29, 1.82) is 0 Å². The number of aryl methyl sites for hydroxylation is 1. The molecule has 1 aliphatic rings. The molecule has 4 nitrogen and oxygen atoms in total. The molecule has 1 aromatic heterocycles. The Morgan fingerprint density at radius 3 is 2.62 bits per heavy atom. The number of carbonyl (C=O) groups excluding carboxylic acids is 1. The highest BCUT2D eigenvalue weighted by Gasteiger charge is 2.20. The Morgan fingerprint density at radius 1 is 1.14 bits per heavy atom. The molecule has 0 bridgehead atoms. The maximum atomic E-state index is 12.0. The first-order valence-corrected chi connectivity index (χ1v) is 7.33. The first-order valence-electron chi connectivity index (χ1n) is 7.33. The lowest BCUT2D eigenvalue weighted by Crippen LogP contribution is -2.48. The van der Waals surface area contributed by atoms with E-state index in [0.29, 0.717) is 12.3 Å². The molecule has 21 heavy (non-hydrogen) atoms. The molecule has 4 heteroatoms. The summed E-state index contributed by atoms with van der Waals surface area (Å²) in [5.74, 6) is 0.514. The Hall–Kier alpha value is -2.07. The number of ketones is 1. The summed E-state index contributed by atoms with van der Waals surface area (Å²) in [7, 11) is 0. The van der Waals surface area contributed by atoms with E-state index in [2.05, 4.69) is 41.0 Å². The molecule has 1 saturated heterocycles. The molecule has 110 valence electrons. The lowest BCUT2D eigenvalue weighted by atomic mass is 10.2. The predicted octanol–water partition coefficient (Wildman–Crippen LogP) is 2.59. The summed E-state index contributed by atoms with van der Waals surface area (Å²) in [5.41, 5.74) is 2.55. The van der Waals surface area contributed by atoms with Gasteiger partial charge in [0.25, 0.3) is 0 Å². The third-order valence-electron chi connectivity index (χ3n) is 3.90. The highest BCUT2D eigenvalue weighted by molar-refractivity contribution is 5.95. The summed E-state index contributed by atoms with van der Waals surface area (Å²) in [6.07, 6.45) is 1.54. The van der Waals surface area contributed by atoms with Gasteiger partial charge in [0.05, 0.1) is 12.8 Å². The van der Waals surface area contributed by atoms with Crippen LogP contribution in [-0.4, -0.2) is 43.4 Å². The van der Waals surface area contributed by atoms with Crippen molar-refractivity contribution in [2.45, 2.75) is 6.92 Å². The van der Waals surface area contributed by atoms with Gasteiger partial charge in [-0.05, 0) is 36.8 Å². The van der Waals surface area contributed by atoms with Crippen LogP contribution in [0.5, 0.6) is 0 Å². The van der Waals surface area contributed by atoms with Crippen LogP contribution in [0.4, 0.5) is 5.69 Å². The van der Waals surface area contributed by atoms with Gasteiger partial charge in [-0.2, -0.15) is 0 Å². The van der Waals surface area contributed by atoms with E-state index >= 15 is 0 Å². The second-order valence-corrected chi connectivity index (χ2v) is 5.50. The molecule has 2 aromatic rings. The third-order valence-corrected chi connectivity index (χ3v) is 3.90. The van der Waals surface area contributed by atoms with Crippen LogP contribution in [0, 0.1) is 6.92 Å². The Morgan fingerprint density at radius 2 is 1.95 bits per heavy atom. The summed E-state index contributed by atoms with van der Waals surface area (Å²) in [5, 5.41) is 0. The third kappa shape index (κ3) is 3.34. The van der Waals surface area contributed by atoms with Gasteiger partial charge in [0.2, 0.25) is 5.78 Å². The van der Waals surface area contributed by atoms with Crippen LogP contribution in [0.1, 0.15) is 16.1 Å². The fourth-order valence-electron chi connectivity index (χ4n) is 2.71. The van der Waals surface area contributed by atoms with Crippen molar-refractivity contribution in [2.75, 3.05) is 37.6 Å². The number of benzene rings is 1. The van der Waals surface area contributed by atoms with E-state index in [1.54, 1.807) is 18.4 Å². The van der Waals surface area contributed by atoms with Gasteiger partial charge in [-0.15, -0.1) is 0 Å². The van der Waals surface area contributed by atoms with Crippen LogP contribution in [-0.2, 0) is 0 Å². The first-order chi connectivity index (χ1) is 10.2. The maximum Gasteiger partial charge on any atom is 0.211 e. The number of carbonyl (C=O) groups is 1. The number of hydrogen-bond acceptors (Lipinski definition) is 4. The van der Waals surface area contributed by atoms with E-state index in [0.717, 1.165) is 26.2 Å². The normalized spacial score (nSPS) is 16.1. The second kappa shape index (κ2) is 6.14. The van der Waals surface area contributed by atoms with Gasteiger partial charge in [0, 0.05) is 31.9 Å². The molecule has 0 amide bonds. The second-order valence-electron chi connectivity index (χ2n) is 5.50. The van der Waals surface area contributed by atoms with Crippen molar-refractivity contribution in [3.8, 4) is 0 Å². The zero-order chi connectivity index (χ0) is 14.7. The largest absolute Gasteiger partial charge is 0.461 e. The van der Waals surface area contributed by atoms with Crippen LogP contribution in [0.2, 0.25) is 0 Å². The molecule has 1 fully saturated rings. The minimum atomic E-state index is 0.0593. The molecule has 2 heterocycles. The van der Waals surface area contributed by atoms with Crippen molar-refractivity contribution < 1.29 is 9.21 Å². The Bertz CT molecular complexity index is 599. The van der Waals surface area contributed by atoms with Crippen LogP contribution >= 0.6 is 0 Å². The Labute approximate surface area is 125 Å². The number of hydrogen-bond donors (Lipinski definition) is 0. The number of nitrogens with zero attached hydrogens (tertiary/aromatic N) is 2. The summed E-state index contributed by atoms with van der Waals surface area (Å²) >= 11 is 0. The van der Waals surface area contributed by atoms with Gasteiger partial charge in [-0.25, -0.2) is 0 Å². The number of furan rings is 1. The molecular formula is C17H20N2O2. The van der Waals surface area contributed by atoms with E-state index in [4.69, 9.17) is 4.42 Å². The summed E-state index contributed by atoms with van der Waals surface area (Å²) in [6.45, 7) is 6.27. The fourth-order valence-corrected chi connectivity index (χ4v) is 2.71. The quantitative estimate of drug-likeness (QED) is 0.809. The highest BCUT2D eigenvalue weighted by atomic mass is 16.3. The average molecular weight is 284 g/mol. The molecule has 3 rings (SSSR count). The lowest BCUT2D eigenvalue weighted by Gasteiger charge is -2.35. The monoisotopic (exact) mass is 284 g/mol. The summed E-state index contributed by atoms with van der Waals surface area (Å²) < 4.78 is 5.15. The minimum absolute atomic E-state index is 0.0593. The zero-order valence-electron chi connectivity index (χ0n) is 12.3. The van der Waals surface area contributed by atoms with E-state index in [-0.39, 0.29) is 5.78 Å². The molecule has 0 aliphatic carbocycles. The molecule has 1 aliphatic heterocycles. The van der Waals surface area contributed by atoms with Gasteiger partial charge in [0.15, 0.2) is 5.76 Å². The van der Waals surface area contributed by atoms with E-state index < -0.39 is 0 Å². The number of rotatable bonds is 4. The predicted molar refractivity (Wildman–Crippen MR) is 82.9 cm³/mol. The number of piperazine rings is 1. The molecule has 0 N–H and O–H groups in total. The average Bonchev–Trinajstić information content (AvgIpc) is 3.02. The molecule has 0 radical (unpaired) electrons. The van der Waals surface area contributed by atoms with Gasteiger partial charge in [-0.1, -0.05) is 12.1 Å². The van der Waals surface area contributed by atoms with Crippen LogP contribution in [0.25, 0.3) is 0 Å². The maximum absolute atomic E-state index is 12.0. The van der Waals surface area contributed by atoms with E-state index in [1.807, 2.05) is 0 Å². The number of Topliss-reactive ketones (excluding diaryl/α,β-unsaturated/α-hetero) is 1. The molecular weight excluding hydrogens is 264 g/mol. The van der Waals surface area contributed by atoms with Crippen molar-refractivity contribution in [2.24, 2.45) is 0 Å². The topological polar surface area (TPSA) is 36.7 Å². The molecule has 1 aromatic carbocycles. The van der Waals surface area contributed by atoms with Crippen LogP contribution in [0.15, 0.2) is 47.1 Å². The molecule has 0 spiro atoms. The van der Waals surface area contributed by atoms with Crippen LogP contribution < -0.4 is 4.90 Å². The molecule has 0 unspecified atom stereocenters. The van der Waals surface area contributed by atoms with Gasteiger partial charge in [-0.3, -0.25) is 9.69 Å². The van der Waals surface area contributed by atoms with Gasteiger partial charge in [0.1, 0.15) is 0 Å². The van der Waals surface area contributed by atoms with E-state index in [1.165, 1.54) is 11.3 Å². The fraction of sp³-hybridized carbons (Fsp3) is 0.353. The zero-order valence-corrected chi connectivity index (χ0v) is 12.3. The molecule has 0 saturated carbocycles. The SMILES string of the molecule is Cc1cccc(N2CCN(CC(=O)c3ccco3)CC2)c1. The van der Waals surface area contributed by atoms with E-state index in [9.17, 15) is 4.79 Å². The highest BCUT2D eigenvalue weighted by Crippen LogP contribution is 2.18. The van der Waals surface area contributed by atoms with Gasteiger partial charge < -0.3 is 9.32 Å². The summed E-state index contributed by atoms with van der Waals surface area (Å²) in [4.78, 5) is 16.6. The van der Waals surface area contributed by atoms with Crippen LogP contribution in [0.3, 0.4) is 0 Å². The van der Waals surface area contributed by atoms with Crippen molar-refractivity contribution >= 4 is 11.5 Å². The minimum Gasteiger partial charge on any atom is -0.461 e.